The summed E-state index contributed by atoms with van der Waals surface area (Å²) in [5.41, 5.74) is 13.4. The summed E-state index contributed by atoms with van der Waals surface area (Å²) in [6.45, 7) is 1.90. The normalized spacial score (nSPS) is 11.8. The number of anilines is 2. The van der Waals surface area contributed by atoms with Crippen LogP contribution in [0.5, 0.6) is 0 Å². The number of nitrogen functional groups attached to an aromatic ring is 2. The van der Waals surface area contributed by atoms with E-state index in [0.29, 0.717) is 20.8 Å². The van der Waals surface area contributed by atoms with Gasteiger partial charge in [-0.2, -0.15) is 5.26 Å². The molecule has 24 heavy (non-hydrogen) atoms. The molecule has 7 heteroatoms. The van der Waals surface area contributed by atoms with Crippen LogP contribution < -0.4 is 16.8 Å². The van der Waals surface area contributed by atoms with Crippen LogP contribution in [0.1, 0.15) is 33.8 Å². The summed E-state index contributed by atoms with van der Waals surface area (Å²) in [6, 6.07) is 13.0. The maximum Gasteiger partial charge on any atom is 0.264 e. The van der Waals surface area contributed by atoms with E-state index in [1.54, 1.807) is 6.07 Å². The zero-order chi connectivity index (χ0) is 17.3. The highest BCUT2D eigenvalue weighted by Gasteiger charge is 2.20. The molecule has 3 aromatic rings. The number of rotatable bonds is 3. The molecule has 6 nitrogen and oxygen atoms in total. The molecule has 1 aromatic carbocycles. The molecule has 0 spiro atoms. The first kappa shape index (κ1) is 15.8. The average molecular weight is 337 g/mol. The summed E-state index contributed by atoms with van der Waals surface area (Å²) in [5, 5.41) is 12.5. The van der Waals surface area contributed by atoms with Crippen LogP contribution in [0, 0.1) is 11.3 Å². The van der Waals surface area contributed by atoms with E-state index in [2.05, 4.69) is 10.3 Å². The third kappa shape index (κ3) is 2.75. The van der Waals surface area contributed by atoms with Crippen LogP contribution >= 0.6 is 11.3 Å². The molecule has 0 fully saturated rings. The van der Waals surface area contributed by atoms with Crippen LogP contribution in [-0.2, 0) is 0 Å². The maximum absolute atomic E-state index is 12.6. The summed E-state index contributed by atoms with van der Waals surface area (Å²) >= 11 is 1.16. The third-order valence-electron chi connectivity index (χ3n) is 3.72. The number of nitrogens with zero attached hydrogens (tertiary/aromatic N) is 2. The van der Waals surface area contributed by atoms with Crippen molar-refractivity contribution >= 4 is 39.0 Å². The number of carbonyl (C=O) groups excluding carboxylic acids is 1. The number of fused-ring (bicyclic) bond motifs is 1. The average Bonchev–Trinajstić information content (AvgIpc) is 2.90. The van der Waals surface area contributed by atoms with Gasteiger partial charge in [-0.1, -0.05) is 30.3 Å². The van der Waals surface area contributed by atoms with Gasteiger partial charge in [-0.25, -0.2) is 4.98 Å². The molecular formula is C17H15N5OS. The molecule has 5 N–H and O–H groups in total. The number of amides is 1. The van der Waals surface area contributed by atoms with E-state index >= 15 is 0 Å². The largest absolute Gasteiger partial charge is 0.397 e. The monoisotopic (exact) mass is 337 g/mol. The number of aromatic nitrogens is 1. The Balaban J connectivity index is 1.93. The van der Waals surface area contributed by atoms with E-state index in [-0.39, 0.29) is 23.3 Å². The molecule has 1 amide bonds. The second kappa shape index (κ2) is 6.18. The highest BCUT2D eigenvalue weighted by atomic mass is 32.1. The molecule has 2 heterocycles. The van der Waals surface area contributed by atoms with E-state index in [1.807, 2.05) is 43.3 Å². The Bertz CT molecular complexity index is 959. The summed E-state index contributed by atoms with van der Waals surface area (Å²) in [4.78, 5) is 17.6. The first-order valence-corrected chi connectivity index (χ1v) is 8.07. The number of nitrogens with one attached hydrogen (secondary N) is 1. The molecule has 0 bridgehead atoms. The lowest BCUT2D eigenvalue weighted by atomic mass is 10.1. The van der Waals surface area contributed by atoms with Gasteiger partial charge in [0.15, 0.2) is 0 Å². The van der Waals surface area contributed by atoms with Gasteiger partial charge >= 0.3 is 0 Å². The standard InChI is InChI=1S/C17H15N5OS/c1-9(10-5-3-2-4-6-10)21-16(23)14-13(19)12-7-11(8-18)15(20)22-17(12)24-14/h2-7,9H,19H2,1H3,(H2,20,22)(H,21,23)/t9-/m0/s1. The lowest BCUT2D eigenvalue weighted by molar-refractivity contribution is 0.0945. The Morgan fingerprint density at radius 3 is 2.71 bits per heavy atom. The molecule has 0 aliphatic rings. The quantitative estimate of drug-likeness (QED) is 0.679. The molecule has 0 saturated heterocycles. The molecule has 120 valence electrons. The minimum atomic E-state index is -0.274. The van der Waals surface area contributed by atoms with E-state index in [1.165, 1.54) is 0 Å². The number of benzene rings is 1. The van der Waals surface area contributed by atoms with Gasteiger partial charge in [0.2, 0.25) is 0 Å². The molecule has 0 radical (unpaired) electrons. The van der Waals surface area contributed by atoms with Gasteiger partial charge in [-0.3, -0.25) is 4.79 Å². The van der Waals surface area contributed by atoms with Gasteiger partial charge in [0.05, 0.1) is 17.3 Å². The van der Waals surface area contributed by atoms with E-state index in [0.717, 1.165) is 16.9 Å². The van der Waals surface area contributed by atoms with Crippen molar-refractivity contribution in [1.29, 1.82) is 5.26 Å². The lowest BCUT2D eigenvalue weighted by Crippen LogP contribution is -2.26. The van der Waals surface area contributed by atoms with Gasteiger partial charge in [0, 0.05) is 5.39 Å². The van der Waals surface area contributed by atoms with Crippen LogP contribution in [-0.4, -0.2) is 10.9 Å². The summed E-state index contributed by atoms with van der Waals surface area (Å²) in [7, 11) is 0. The topological polar surface area (TPSA) is 118 Å². The zero-order valence-electron chi connectivity index (χ0n) is 12.9. The van der Waals surface area contributed by atoms with Crippen molar-refractivity contribution in [2.75, 3.05) is 11.5 Å². The number of thiophene rings is 1. The van der Waals surface area contributed by atoms with Crippen molar-refractivity contribution in [1.82, 2.24) is 10.3 Å². The minimum absolute atomic E-state index is 0.135. The Morgan fingerprint density at radius 2 is 2.04 bits per heavy atom. The Labute approximate surface area is 142 Å². The highest BCUT2D eigenvalue weighted by molar-refractivity contribution is 7.21. The number of pyridine rings is 1. The second-order valence-electron chi connectivity index (χ2n) is 5.34. The highest BCUT2D eigenvalue weighted by Crippen LogP contribution is 2.34. The second-order valence-corrected chi connectivity index (χ2v) is 6.34. The van der Waals surface area contributed by atoms with E-state index in [9.17, 15) is 4.79 Å². The third-order valence-corrected chi connectivity index (χ3v) is 4.84. The van der Waals surface area contributed by atoms with Crippen LogP contribution in [0.2, 0.25) is 0 Å². The van der Waals surface area contributed by atoms with Crippen molar-refractivity contribution in [3.63, 3.8) is 0 Å². The molecular weight excluding hydrogens is 322 g/mol. The van der Waals surface area contributed by atoms with Crippen LogP contribution in [0.15, 0.2) is 36.4 Å². The molecule has 0 saturated carbocycles. The van der Waals surface area contributed by atoms with Crippen LogP contribution in [0.3, 0.4) is 0 Å². The Morgan fingerprint density at radius 1 is 1.33 bits per heavy atom. The maximum atomic E-state index is 12.6. The molecule has 2 aromatic heterocycles. The van der Waals surface area contributed by atoms with Crippen LogP contribution in [0.25, 0.3) is 10.2 Å². The minimum Gasteiger partial charge on any atom is -0.397 e. The van der Waals surface area contributed by atoms with E-state index < -0.39 is 0 Å². The van der Waals surface area contributed by atoms with Gasteiger partial charge in [0.1, 0.15) is 21.6 Å². The van der Waals surface area contributed by atoms with Crippen molar-refractivity contribution < 1.29 is 4.79 Å². The summed E-state index contributed by atoms with van der Waals surface area (Å²) in [5.74, 6) is -0.139. The first-order valence-electron chi connectivity index (χ1n) is 7.25. The Kier molecular flexibility index (Phi) is 4.06. The van der Waals surface area contributed by atoms with Crippen molar-refractivity contribution in [3.8, 4) is 6.07 Å². The molecule has 0 aliphatic heterocycles. The van der Waals surface area contributed by atoms with Gasteiger partial charge in [-0.15, -0.1) is 11.3 Å². The predicted molar refractivity (Wildman–Crippen MR) is 95.5 cm³/mol. The smallest absolute Gasteiger partial charge is 0.264 e. The summed E-state index contributed by atoms with van der Waals surface area (Å²) in [6.07, 6.45) is 0. The number of nitrogens with two attached hydrogens (primary N) is 2. The van der Waals surface area contributed by atoms with Gasteiger partial charge in [0.25, 0.3) is 5.91 Å². The molecule has 0 unspecified atom stereocenters. The fourth-order valence-corrected chi connectivity index (χ4v) is 3.39. The number of nitriles is 1. The van der Waals surface area contributed by atoms with Gasteiger partial charge in [-0.05, 0) is 18.6 Å². The number of hydrogen-bond donors (Lipinski definition) is 3. The number of carbonyl (C=O) groups is 1. The van der Waals surface area contributed by atoms with Crippen molar-refractivity contribution in [2.24, 2.45) is 0 Å². The van der Waals surface area contributed by atoms with Crippen molar-refractivity contribution in [2.45, 2.75) is 13.0 Å². The zero-order valence-corrected chi connectivity index (χ0v) is 13.7. The fraction of sp³-hybridized carbons (Fsp3) is 0.118. The molecule has 3 rings (SSSR count). The lowest BCUT2D eigenvalue weighted by Gasteiger charge is -2.13. The van der Waals surface area contributed by atoms with E-state index in [4.69, 9.17) is 16.7 Å². The first-order chi connectivity index (χ1) is 11.5. The van der Waals surface area contributed by atoms with Gasteiger partial charge < -0.3 is 16.8 Å². The number of hydrogen-bond acceptors (Lipinski definition) is 6. The summed E-state index contributed by atoms with van der Waals surface area (Å²) < 4.78 is 0. The Hall–Kier alpha value is -3.11. The fourth-order valence-electron chi connectivity index (χ4n) is 2.40. The SMILES string of the molecule is C[C@H](NC(=O)c1sc2nc(N)c(C#N)cc2c1N)c1ccccc1. The molecule has 1 atom stereocenters. The van der Waals surface area contributed by atoms with Crippen LogP contribution in [0.4, 0.5) is 11.5 Å². The molecule has 0 aliphatic carbocycles. The predicted octanol–water partition coefficient (Wildman–Crippen LogP) is 2.82. The van der Waals surface area contributed by atoms with Crippen molar-refractivity contribution in [3.05, 3.63) is 52.4 Å².